The van der Waals surface area contributed by atoms with Crippen molar-refractivity contribution in [1.82, 2.24) is 15.0 Å². The number of carbonyl (C=O) groups is 1. The van der Waals surface area contributed by atoms with Crippen LogP contribution in [-0.4, -0.2) is 47.6 Å². The van der Waals surface area contributed by atoms with Crippen LogP contribution in [0, 0.1) is 0 Å². The zero-order valence-corrected chi connectivity index (χ0v) is 18.3. The molecule has 0 amide bonds. The maximum Gasteiger partial charge on any atom is 0.506 e. The molecule has 1 heterocycles. The maximum atomic E-state index is 11.1. The van der Waals surface area contributed by atoms with Gasteiger partial charge in [-0.25, -0.2) is 4.79 Å². The van der Waals surface area contributed by atoms with Crippen LogP contribution in [0.2, 0.25) is 0 Å². The standard InChI is InChI=1S/C20H30N4O6/c1-7-20(8-2,29-6)24-22-15(18(23-24)12(3)30-19(25)26)9-13-10-16(27-4)17(28-5)11-14(13)21/h10-12H,7-9,21H2,1-6H3,(H,25,26). The molecule has 0 fully saturated rings. The van der Waals surface area contributed by atoms with E-state index in [0.717, 1.165) is 5.56 Å². The second-order valence-corrected chi connectivity index (χ2v) is 6.79. The summed E-state index contributed by atoms with van der Waals surface area (Å²) in [6.07, 6.45) is -0.670. The molecule has 2 aromatic rings. The molecule has 10 nitrogen and oxygen atoms in total. The van der Waals surface area contributed by atoms with E-state index in [9.17, 15) is 4.79 Å². The summed E-state index contributed by atoms with van der Waals surface area (Å²) in [5.41, 5.74) is 7.61. The van der Waals surface area contributed by atoms with Crippen LogP contribution in [0.5, 0.6) is 11.5 Å². The highest BCUT2D eigenvalue weighted by atomic mass is 16.7. The highest BCUT2D eigenvalue weighted by Crippen LogP contribution is 2.34. The molecule has 0 radical (unpaired) electrons. The van der Waals surface area contributed by atoms with Gasteiger partial charge in [0.25, 0.3) is 0 Å². The molecule has 1 aromatic carbocycles. The molecule has 0 saturated heterocycles. The van der Waals surface area contributed by atoms with Crippen LogP contribution in [0.15, 0.2) is 12.1 Å². The number of rotatable bonds is 10. The summed E-state index contributed by atoms with van der Waals surface area (Å²) in [7, 11) is 4.67. The smallest absolute Gasteiger partial charge is 0.493 e. The van der Waals surface area contributed by atoms with Crippen molar-refractivity contribution in [2.75, 3.05) is 27.1 Å². The molecule has 166 valence electrons. The lowest BCUT2D eigenvalue weighted by atomic mass is 10.0. The maximum absolute atomic E-state index is 11.1. The number of aromatic nitrogens is 3. The zero-order chi connectivity index (χ0) is 22.5. The first kappa shape index (κ1) is 23.3. The Hall–Kier alpha value is -3.01. The Bertz CT molecular complexity index is 870. The minimum atomic E-state index is -1.39. The first-order valence-corrected chi connectivity index (χ1v) is 9.66. The van der Waals surface area contributed by atoms with Crippen LogP contribution in [0.1, 0.15) is 56.7 Å². The Morgan fingerprint density at radius 1 is 1.17 bits per heavy atom. The second-order valence-electron chi connectivity index (χ2n) is 6.79. The van der Waals surface area contributed by atoms with E-state index < -0.39 is 18.0 Å². The number of nitrogens with zero attached hydrogens (tertiary/aromatic N) is 3. The number of ether oxygens (including phenoxy) is 4. The third-order valence-electron chi connectivity index (χ3n) is 5.23. The van der Waals surface area contributed by atoms with Crippen LogP contribution >= 0.6 is 0 Å². The molecule has 1 atom stereocenters. The summed E-state index contributed by atoms with van der Waals surface area (Å²) in [5, 5.41) is 18.2. The fraction of sp³-hybridized carbons (Fsp3) is 0.550. The van der Waals surface area contributed by atoms with Gasteiger partial charge in [-0.3, -0.25) is 0 Å². The largest absolute Gasteiger partial charge is 0.506 e. The third-order valence-corrected chi connectivity index (χ3v) is 5.23. The highest BCUT2D eigenvalue weighted by Gasteiger charge is 2.33. The number of benzene rings is 1. The fourth-order valence-electron chi connectivity index (χ4n) is 3.35. The first-order valence-electron chi connectivity index (χ1n) is 9.66. The van der Waals surface area contributed by atoms with Crippen LogP contribution < -0.4 is 15.2 Å². The Morgan fingerprint density at radius 3 is 2.27 bits per heavy atom. The number of nitrogens with two attached hydrogens (primary N) is 1. The van der Waals surface area contributed by atoms with Crippen LogP contribution in [0.25, 0.3) is 0 Å². The van der Waals surface area contributed by atoms with Crippen LogP contribution in [-0.2, 0) is 21.6 Å². The van der Waals surface area contributed by atoms with E-state index in [1.807, 2.05) is 13.8 Å². The Kier molecular flexibility index (Phi) is 7.49. The van der Waals surface area contributed by atoms with Crippen molar-refractivity contribution in [3.05, 3.63) is 29.1 Å². The van der Waals surface area contributed by atoms with Crippen LogP contribution in [0.3, 0.4) is 0 Å². The van der Waals surface area contributed by atoms with E-state index in [-0.39, 0.29) is 0 Å². The summed E-state index contributed by atoms with van der Waals surface area (Å²) >= 11 is 0. The normalized spacial score (nSPS) is 12.5. The SMILES string of the molecule is CCC(CC)(OC)n1nc(Cc2cc(OC)c(OC)cc2N)c(C(C)OC(=O)O)n1. The average Bonchev–Trinajstić information content (AvgIpc) is 3.15. The number of methoxy groups -OCH3 is 3. The van der Waals surface area contributed by atoms with Crippen LogP contribution in [0.4, 0.5) is 10.5 Å². The monoisotopic (exact) mass is 422 g/mol. The van der Waals surface area contributed by atoms with Crippen molar-refractivity contribution < 1.29 is 28.8 Å². The van der Waals surface area contributed by atoms with Gasteiger partial charge in [-0.2, -0.15) is 15.0 Å². The van der Waals surface area contributed by atoms with Gasteiger partial charge in [-0.1, -0.05) is 13.8 Å². The zero-order valence-electron chi connectivity index (χ0n) is 18.3. The quantitative estimate of drug-likeness (QED) is 0.437. The molecule has 0 aliphatic carbocycles. The van der Waals surface area contributed by atoms with Gasteiger partial charge < -0.3 is 29.8 Å². The van der Waals surface area contributed by atoms with E-state index in [1.165, 1.54) is 19.0 Å². The fourth-order valence-corrected chi connectivity index (χ4v) is 3.35. The number of carboxylic acid groups (broad SMARTS) is 1. The highest BCUT2D eigenvalue weighted by molar-refractivity contribution is 5.59. The van der Waals surface area contributed by atoms with Gasteiger partial charge in [-0.05, 0) is 31.4 Å². The second kappa shape index (κ2) is 9.66. The van der Waals surface area contributed by atoms with Gasteiger partial charge >= 0.3 is 6.16 Å². The molecule has 30 heavy (non-hydrogen) atoms. The van der Waals surface area contributed by atoms with Gasteiger partial charge in [0.15, 0.2) is 17.2 Å². The van der Waals surface area contributed by atoms with Crippen molar-refractivity contribution >= 4 is 11.8 Å². The Balaban J connectivity index is 2.56. The predicted octanol–water partition coefficient (Wildman–Crippen LogP) is 3.34. The lowest BCUT2D eigenvalue weighted by Crippen LogP contribution is -2.36. The number of hydrogen-bond donors (Lipinski definition) is 2. The Morgan fingerprint density at radius 2 is 1.77 bits per heavy atom. The molecule has 1 aromatic heterocycles. The molecular weight excluding hydrogens is 392 g/mol. The summed E-state index contributed by atoms with van der Waals surface area (Å²) in [5.74, 6) is 1.04. The predicted molar refractivity (Wildman–Crippen MR) is 110 cm³/mol. The number of anilines is 1. The lowest BCUT2D eigenvalue weighted by molar-refractivity contribution is -0.105. The van der Waals surface area contributed by atoms with E-state index >= 15 is 0 Å². The molecule has 0 bridgehead atoms. The van der Waals surface area contributed by atoms with Crippen molar-refractivity contribution in [2.45, 2.75) is 51.9 Å². The molecule has 0 aliphatic heterocycles. The molecule has 0 saturated carbocycles. The minimum Gasteiger partial charge on any atom is -0.493 e. The van der Waals surface area contributed by atoms with Gasteiger partial charge in [-0.15, -0.1) is 0 Å². The average molecular weight is 422 g/mol. The molecule has 10 heteroatoms. The Labute approximate surface area is 175 Å². The lowest BCUT2D eigenvalue weighted by Gasteiger charge is -2.28. The summed E-state index contributed by atoms with van der Waals surface area (Å²) in [6.45, 7) is 5.55. The summed E-state index contributed by atoms with van der Waals surface area (Å²) < 4.78 is 21.3. The summed E-state index contributed by atoms with van der Waals surface area (Å²) in [6, 6.07) is 3.44. The van der Waals surface area contributed by atoms with Gasteiger partial charge in [0.1, 0.15) is 11.8 Å². The van der Waals surface area contributed by atoms with Crippen molar-refractivity contribution in [1.29, 1.82) is 0 Å². The van der Waals surface area contributed by atoms with Gasteiger partial charge in [0, 0.05) is 25.3 Å². The van der Waals surface area contributed by atoms with Crippen molar-refractivity contribution in [3.8, 4) is 11.5 Å². The molecular formula is C20H30N4O6. The first-order chi connectivity index (χ1) is 14.2. The minimum absolute atomic E-state index is 0.294. The van der Waals surface area contributed by atoms with Crippen molar-refractivity contribution in [3.63, 3.8) is 0 Å². The summed E-state index contributed by atoms with van der Waals surface area (Å²) in [4.78, 5) is 12.6. The van der Waals surface area contributed by atoms with E-state index in [0.29, 0.717) is 47.8 Å². The molecule has 3 N–H and O–H groups in total. The topological polar surface area (TPSA) is 131 Å². The van der Waals surface area contributed by atoms with E-state index in [2.05, 4.69) is 10.2 Å². The van der Waals surface area contributed by atoms with Gasteiger partial charge in [0.2, 0.25) is 0 Å². The number of hydrogen-bond acceptors (Lipinski definition) is 8. The van der Waals surface area contributed by atoms with E-state index in [4.69, 9.17) is 29.8 Å². The third kappa shape index (κ3) is 4.59. The van der Waals surface area contributed by atoms with Crippen molar-refractivity contribution in [2.24, 2.45) is 0 Å². The molecule has 0 aliphatic rings. The molecule has 0 spiro atoms. The molecule has 1 unspecified atom stereocenters. The number of nitrogen functional groups attached to an aromatic ring is 1. The van der Waals surface area contributed by atoms with E-state index in [1.54, 1.807) is 26.2 Å². The molecule has 2 rings (SSSR count). The van der Waals surface area contributed by atoms with Gasteiger partial charge in [0.05, 0.1) is 19.9 Å².